The maximum Gasteiger partial charge on any atom is 0.214 e. The molecule has 1 saturated heterocycles. The molecule has 0 aromatic carbocycles. The minimum Gasteiger partial charge on any atom is -0.488 e. The van der Waals surface area contributed by atoms with E-state index in [0.717, 1.165) is 6.20 Å². The number of pyridine rings is 2. The number of nitrogens with zero attached hydrogens (tertiary/aromatic N) is 3. The van der Waals surface area contributed by atoms with Crippen molar-refractivity contribution in [3.8, 4) is 5.75 Å². The van der Waals surface area contributed by atoms with Crippen molar-refractivity contribution < 1.29 is 22.3 Å². The Labute approximate surface area is 157 Å². The minimum atomic E-state index is -3.20. The van der Waals surface area contributed by atoms with Gasteiger partial charge in [0.1, 0.15) is 23.4 Å². The molecule has 1 fully saturated rings. The Hall–Kier alpha value is -2.39. The molecule has 2 aromatic rings. The quantitative estimate of drug-likeness (QED) is 0.666. The third kappa shape index (κ3) is 4.67. The van der Waals surface area contributed by atoms with Crippen LogP contribution < -0.4 is 4.74 Å². The summed E-state index contributed by atoms with van der Waals surface area (Å²) in [7, 11) is -3.20. The van der Waals surface area contributed by atoms with Gasteiger partial charge in [0.15, 0.2) is 5.78 Å². The highest BCUT2D eigenvalue weighted by Crippen LogP contribution is 2.22. The van der Waals surface area contributed by atoms with Gasteiger partial charge in [-0.1, -0.05) is 0 Å². The van der Waals surface area contributed by atoms with E-state index in [0.29, 0.717) is 30.2 Å². The summed E-state index contributed by atoms with van der Waals surface area (Å²) < 4.78 is 43.6. The molecule has 0 aliphatic carbocycles. The zero-order valence-electron chi connectivity index (χ0n) is 15.1. The van der Waals surface area contributed by atoms with E-state index in [1.54, 1.807) is 19.9 Å². The van der Waals surface area contributed by atoms with Crippen molar-refractivity contribution in [2.75, 3.05) is 18.8 Å². The van der Waals surface area contributed by atoms with Crippen molar-refractivity contribution in [1.82, 2.24) is 14.3 Å². The average molecular weight is 393 g/mol. The molecule has 7 nitrogen and oxygen atoms in total. The molecule has 0 unspecified atom stereocenters. The summed E-state index contributed by atoms with van der Waals surface area (Å²) in [5.41, 5.74) is 1.29. The Morgan fingerprint density at radius 3 is 2.70 bits per heavy atom. The van der Waals surface area contributed by atoms with E-state index in [1.165, 1.54) is 22.5 Å². The number of ketones is 1. The fourth-order valence-electron chi connectivity index (χ4n) is 2.69. The van der Waals surface area contributed by atoms with Crippen LogP contribution in [0.2, 0.25) is 0 Å². The summed E-state index contributed by atoms with van der Waals surface area (Å²) >= 11 is 0. The zero-order chi connectivity index (χ0) is 19.6. The van der Waals surface area contributed by atoms with Gasteiger partial charge in [0.25, 0.3) is 0 Å². The first-order valence-corrected chi connectivity index (χ1v) is 10.1. The van der Waals surface area contributed by atoms with Gasteiger partial charge in [-0.25, -0.2) is 17.8 Å². The van der Waals surface area contributed by atoms with Crippen molar-refractivity contribution >= 4 is 15.8 Å². The van der Waals surface area contributed by atoms with E-state index in [9.17, 15) is 17.6 Å². The molecule has 0 spiro atoms. The third-order valence-corrected chi connectivity index (χ3v) is 6.03. The molecule has 144 valence electrons. The van der Waals surface area contributed by atoms with E-state index in [2.05, 4.69) is 9.97 Å². The second kappa shape index (κ2) is 7.69. The van der Waals surface area contributed by atoms with Crippen molar-refractivity contribution in [1.29, 1.82) is 0 Å². The number of aromatic nitrogens is 2. The Bertz CT molecular complexity index is 942. The topological polar surface area (TPSA) is 89.5 Å². The Morgan fingerprint density at radius 2 is 2.07 bits per heavy atom. The van der Waals surface area contributed by atoms with Crippen LogP contribution in [0, 0.1) is 12.7 Å². The van der Waals surface area contributed by atoms with Crippen LogP contribution in [0.5, 0.6) is 5.75 Å². The van der Waals surface area contributed by atoms with Crippen LogP contribution in [0.25, 0.3) is 0 Å². The first-order chi connectivity index (χ1) is 12.8. The lowest BCUT2D eigenvalue weighted by Gasteiger charge is -2.37. The highest BCUT2D eigenvalue weighted by Gasteiger charge is 2.36. The second-order valence-electron chi connectivity index (χ2n) is 6.35. The summed E-state index contributed by atoms with van der Waals surface area (Å²) in [6.45, 7) is 3.93. The second-order valence-corrected chi connectivity index (χ2v) is 8.61. The molecule has 1 aliphatic heterocycles. The van der Waals surface area contributed by atoms with Gasteiger partial charge in [0, 0.05) is 23.5 Å². The summed E-state index contributed by atoms with van der Waals surface area (Å²) in [4.78, 5) is 20.6. The van der Waals surface area contributed by atoms with Gasteiger partial charge in [-0.15, -0.1) is 0 Å². The minimum absolute atomic E-state index is 0.00211. The van der Waals surface area contributed by atoms with Crippen LogP contribution in [0.4, 0.5) is 4.39 Å². The van der Waals surface area contributed by atoms with Crippen molar-refractivity contribution in [3.05, 3.63) is 53.4 Å². The lowest BCUT2D eigenvalue weighted by Crippen LogP contribution is -2.56. The molecular weight excluding hydrogens is 373 g/mol. The molecular formula is C18H20FN3O4S. The molecule has 0 amide bonds. The Kier molecular flexibility index (Phi) is 5.52. The van der Waals surface area contributed by atoms with Crippen LogP contribution in [0.3, 0.4) is 0 Å². The first kappa shape index (κ1) is 19.4. The molecule has 1 aliphatic rings. The van der Waals surface area contributed by atoms with Gasteiger partial charge in [-0.2, -0.15) is 4.31 Å². The third-order valence-electron chi connectivity index (χ3n) is 4.22. The number of hydrogen-bond donors (Lipinski definition) is 0. The number of sulfonamides is 1. The summed E-state index contributed by atoms with van der Waals surface area (Å²) in [5, 5.41) is 0. The number of hydrogen-bond acceptors (Lipinski definition) is 6. The first-order valence-electron chi connectivity index (χ1n) is 8.53. The molecule has 0 N–H and O–H groups in total. The molecule has 0 atom stereocenters. The summed E-state index contributed by atoms with van der Waals surface area (Å²) in [6, 6.07) is 5.94. The fourth-order valence-corrected chi connectivity index (χ4v) is 3.84. The molecule has 9 heteroatoms. The molecule has 3 heterocycles. The van der Waals surface area contributed by atoms with Crippen LogP contribution >= 0.6 is 0 Å². The smallest absolute Gasteiger partial charge is 0.214 e. The lowest BCUT2D eigenvalue weighted by molar-refractivity contribution is 0.0759. The molecule has 0 saturated carbocycles. The van der Waals surface area contributed by atoms with Crippen LogP contribution in [0.1, 0.15) is 28.8 Å². The van der Waals surface area contributed by atoms with Gasteiger partial charge in [0.05, 0.1) is 31.5 Å². The SMILES string of the molecule is CCS(=O)(=O)N1CC(Oc2cc(C)nc(C(=O)Cc3ccc(F)cn3)c2)C1. The molecule has 3 rings (SSSR count). The van der Waals surface area contributed by atoms with Crippen molar-refractivity contribution in [2.45, 2.75) is 26.4 Å². The van der Waals surface area contributed by atoms with E-state index >= 15 is 0 Å². The summed E-state index contributed by atoms with van der Waals surface area (Å²) in [6.07, 6.45) is 0.810. The summed E-state index contributed by atoms with van der Waals surface area (Å²) in [5.74, 6) is -0.192. The zero-order valence-corrected chi connectivity index (χ0v) is 15.9. The normalized spacial score (nSPS) is 15.4. The lowest BCUT2D eigenvalue weighted by atomic mass is 10.1. The molecule has 0 bridgehead atoms. The van der Waals surface area contributed by atoms with Crippen molar-refractivity contribution in [3.63, 3.8) is 0 Å². The van der Waals surface area contributed by atoms with Crippen LogP contribution in [-0.4, -0.2) is 53.4 Å². The van der Waals surface area contributed by atoms with Gasteiger partial charge in [-0.05, 0) is 26.0 Å². The highest BCUT2D eigenvalue weighted by molar-refractivity contribution is 7.89. The maximum atomic E-state index is 12.9. The van der Waals surface area contributed by atoms with E-state index in [4.69, 9.17) is 4.74 Å². The number of carbonyl (C=O) groups excluding carboxylic acids is 1. The largest absolute Gasteiger partial charge is 0.488 e. The molecule has 2 aromatic heterocycles. The number of ether oxygens (including phenoxy) is 1. The molecule has 0 radical (unpaired) electrons. The average Bonchev–Trinajstić information content (AvgIpc) is 2.59. The number of rotatable bonds is 7. The van der Waals surface area contributed by atoms with E-state index < -0.39 is 15.8 Å². The standard InChI is InChI=1S/C18H20FN3O4S/c1-3-27(24,25)22-10-16(11-22)26-15-6-12(2)21-17(8-15)18(23)7-14-5-4-13(19)9-20-14/h4-6,8-9,16H,3,7,10-11H2,1-2H3. The Morgan fingerprint density at radius 1 is 1.33 bits per heavy atom. The van der Waals surface area contributed by atoms with Gasteiger partial charge in [-0.3, -0.25) is 9.78 Å². The number of halogens is 1. The predicted octanol–water partition coefficient (Wildman–Crippen LogP) is 1.76. The number of Topliss-reactive ketones (excluding diaryl/α,β-unsaturated/α-hetero) is 1. The maximum absolute atomic E-state index is 12.9. The fraction of sp³-hybridized carbons (Fsp3) is 0.389. The van der Waals surface area contributed by atoms with Crippen LogP contribution in [0.15, 0.2) is 30.5 Å². The number of aryl methyl sites for hydroxylation is 1. The van der Waals surface area contributed by atoms with E-state index in [-0.39, 0.29) is 29.8 Å². The predicted molar refractivity (Wildman–Crippen MR) is 96.7 cm³/mol. The van der Waals surface area contributed by atoms with Gasteiger partial charge < -0.3 is 4.74 Å². The van der Waals surface area contributed by atoms with Gasteiger partial charge in [0.2, 0.25) is 10.0 Å². The monoisotopic (exact) mass is 393 g/mol. The van der Waals surface area contributed by atoms with E-state index in [1.807, 2.05) is 0 Å². The van der Waals surface area contributed by atoms with Gasteiger partial charge >= 0.3 is 0 Å². The Balaban J connectivity index is 1.66. The van der Waals surface area contributed by atoms with Crippen LogP contribution in [-0.2, 0) is 16.4 Å². The highest BCUT2D eigenvalue weighted by atomic mass is 32.2. The number of carbonyl (C=O) groups is 1. The van der Waals surface area contributed by atoms with Crippen molar-refractivity contribution in [2.24, 2.45) is 0 Å². The molecule has 27 heavy (non-hydrogen) atoms.